The van der Waals surface area contributed by atoms with Crippen molar-refractivity contribution in [3.8, 4) is 0 Å². The Morgan fingerprint density at radius 1 is 1.07 bits per heavy atom. The summed E-state index contributed by atoms with van der Waals surface area (Å²) in [4.78, 5) is 28.8. The fourth-order valence-corrected chi connectivity index (χ4v) is 4.15. The van der Waals surface area contributed by atoms with Crippen molar-refractivity contribution < 1.29 is 19.1 Å². The number of hydrogen-bond donors (Lipinski definition) is 1. The van der Waals surface area contributed by atoms with Gasteiger partial charge in [0, 0.05) is 38.3 Å². The van der Waals surface area contributed by atoms with Crippen LogP contribution in [0.25, 0.3) is 0 Å². The molecule has 2 aliphatic heterocycles. The van der Waals surface area contributed by atoms with Crippen LogP contribution in [0.4, 0.5) is 9.59 Å². The number of rotatable bonds is 4. The van der Waals surface area contributed by atoms with Crippen LogP contribution in [0.5, 0.6) is 0 Å². The van der Waals surface area contributed by atoms with Gasteiger partial charge in [-0.05, 0) is 52.0 Å². The highest BCUT2D eigenvalue weighted by Crippen LogP contribution is 2.22. The number of benzene rings is 1. The summed E-state index contributed by atoms with van der Waals surface area (Å²) < 4.78 is 10.9. The van der Waals surface area contributed by atoms with Crippen LogP contribution >= 0.6 is 0 Å². The number of amides is 2. The SMILES string of the molecule is CC(C)(C)OC(=O)N[C@@H]1CCN([C@H]2CCCN(C(=O)OCc3ccccc3)CC2)C1. The van der Waals surface area contributed by atoms with Crippen LogP contribution in [0.15, 0.2) is 30.3 Å². The number of carbonyl (C=O) groups is 2. The zero-order chi connectivity index (χ0) is 21.6. The second-order valence-electron chi connectivity index (χ2n) is 9.24. The van der Waals surface area contributed by atoms with Crippen LogP contribution in [0.1, 0.15) is 52.0 Å². The molecule has 0 spiro atoms. The summed E-state index contributed by atoms with van der Waals surface area (Å²) in [6.07, 6.45) is 3.30. The van der Waals surface area contributed by atoms with Crippen LogP contribution in [-0.4, -0.2) is 65.9 Å². The third-order valence-corrected chi connectivity index (χ3v) is 5.62. The molecular formula is C23H35N3O4. The Labute approximate surface area is 179 Å². The highest BCUT2D eigenvalue weighted by atomic mass is 16.6. The van der Waals surface area contributed by atoms with Gasteiger partial charge >= 0.3 is 12.2 Å². The van der Waals surface area contributed by atoms with Crippen molar-refractivity contribution in [3.05, 3.63) is 35.9 Å². The van der Waals surface area contributed by atoms with Gasteiger partial charge in [0.1, 0.15) is 12.2 Å². The summed E-state index contributed by atoms with van der Waals surface area (Å²) in [6, 6.07) is 10.3. The monoisotopic (exact) mass is 417 g/mol. The summed E-state index contributed by atoms with van der Waals surface area (Å²) in [5.74, 6) is 0. The predicted molar refractivity (Wildman–Crippen MR) is 115 cm³/mol. The fourth-order valence-electron chi connectivity index (χ4n) is 4.15. The summed E-state index contributed by atoms with van der Waals surface area (Å²) >= 11 is 0. The lowest BCUT2D eigenvalue weighted by atomic mass is 10.1. The Morgan fingerprint density at radius 3 is 2.57 bits per heavy atom. The molecule has 166 valence electrons. The van der Waals surface area contributed by atoms with E-state index in [9.17, 15) is 9.59 Å². The van der Waals surface area contributed by atoms with Crippen LogP contribution in [-0.2, 0) is 16.1 Å². The second kappa shape index (κ2) is 10.2. The Bertz CT molecular complexity index is 704. The largest absolute Gasteiger partial charge is 0.445 e. The van der Waals surface area contributed by atoms with Crippen LogP contribution in [0.3, 0.4) is 0 Å². The van der Waals surface area contributed by atoms with Gasteiger partial charge in [0.25, 0.3) is 0 Å². The van der Waals surface area contributed by atoms with Crippen molar-refractivity contribution in [2.45, 2.75) is 70.7 Å². The molecule has 2 amide bonds. The van der Waals surface area contributed by atoms with Gasteiger partial charge in [-0.1, -0.05) is 30.3 Å². The molecule has 7 heteroatoms. The number of likely N-dealkylation sites (tertiary alicyclic amines) is 2. The first-order valence-corrected chi connectivity index (χ1v) is 11.0. The van der Waals surface area contributed by atoms with E-state index < -0.39 is 5.60 Å². The zero-order valence-electron chi connectivity index (χ0n) is 18.4. The first-order chi connectivity index (χ1) is 14.3. The van der Waals surface area contributed by atoms with E-state index in [4.69, 9.17) is 9.47 Å². The minimum atomic E-state index is -0.484. The average Bonchev–Trinajstić information content (AvgIpc) is 3.00. The molecule has 0 bridgehead atoms. The topological polar surface area (TPSA) is 71.1 Å². The second-order valence-corrected chi connectivity index (χ2v) is 9.24. The first kappa shape index (κ1) is 22.4. The van der Waals surface area contributed by atoms with Crippen molar-refractivity contribution in [1.82, 2.24) is 15.1 Å². The van der Waals surface area contributed by atoms with Gasteiger partial charge in [0.15, 0.2) is 0 Å². The highest BCUT2D eigenvalue weighted by molar-refractivity contribution is 5.68. The maximum atomic E-state index is 12.5. The first-order valence-electron chi connectivity index (χ1n) is 11.0. The van der Waals surface area contributed by atoms with Crippen LogP contribution in [0.2, 0.25) is 0 Å². The van der Waals surface area contributed by atoms with E-state index in [0.717, 1.165) is 50.9 Å². The van der Waals surface area contributed by atoms with E-state index in [1.165, 1.54) is 0 Å². The predicted octanol–water partition coefficient (Wildman–Crippen LogP) is 3.78. The van der Waals surface area contributed by atoms with Crippen LogP contribution < -0.4 is 5.32 Å². The standard InChI is InChI=1S/C23H35N3O4/c1-23(2,3)30-21(27)24-19-11-14-26(16-19)20-10-7-13-25(15-12-20)22(28)29-17-18-8-5-4-6-9-18/h4-6,8-9,19-20H,7,10-17H2,1-3H3,(H,24,27)/t19-,20+/m1/s1. The molecule has 0 unspecified atom stereocenters. The number of alkyl carbamates (subject to hydrolysis) is 1. The van der Waals surface area contributed by atoms with Crippen molar-refractivity contribution in [2.75, 3.05) is 26.2 Å². The molecule has 2 fully saturated rings. The van der Waals surface area contributed by atoms with Gasteiger partial charge in [-0.25, -0.2) is 9.59 Å². The maximum Gasteiger partial charge on any atom is 0.410 e. The highest BCUT2D eigenvalue weighted by Gasteiger charge is 2.32. The van der Waals surface area contributed by atoms with Gasteiger partial charge in [-0.15, -0.1) is 0 Å². The molecule has 0 aromatic heterocycles. The van der Waals surface area contributed by atoms with E-state index in [1.807, 2.05) is 56.0 Å². The molecule has 1 N–H and O–H groups in total. The van der Waals surface area contributed by atoms with Gasteiger partial charge in [-0.2, -0.15) is 0 Å². The number of nitrogens with zero attached hydrogens (tertiary/aromatic N) is 2. The number of hydrogen-bond acceptors (Lipinski definition) is 5. The maximum absolute atomic E-state index is 12.5. The Kier molecular flexibility index (Phi) is 7.58. The van der Waals surface area contributed by atoms with Crippen molar-refractivity contribution in [2.24, 2.45) is 0 Å². The molecular weight excluding hydrogens is 382 g/mol. The quantitative estimate of drug-likeness (QED) is 0.807. The summed E-state index contributed by atoms with van der Waals surface area (Å²) in [7, 11) is 0. The lowest BCUT2D eigenvalue weighted by Crippen LogP contribution is -2.42. The van der Waals surface area contributed by atoms with E-state index in [2.05, 4.69) is 10.2 Å². The van der Waals surface area contributed by atoms with Gasteiger partial charge in [0.05, 0.1) is 0 Å². The van der Waals surface area contributed by atoms with Crippen molar-refractivity contribution >= 4 is 12.2 Å². The molecule has 2 atom stereocenters. The summed E-state index contributed by atoms with van der Waals surface area (Å²) in [5, 5.41) is 2.99. The van der Waals surface area contributed by atoms with Crippen molar-refractivity contribution in [1.29, 1.82) is 0 Å². The average molecular weight is 418 g/mol. The molecule has 0 radical (unpaired) electrons. The molecule has 2 heterocycles. The van der Waals surface area contributed by atoms with E-state index >= 15 is 0 Å². The van der Waals surface area contributed by atoms with E-state index in [1.54, 1.807) is 0 Å². The number of ether oxygens (including phenoxy) is 2. The van der Waals surface area contributed by atoms with Gasteiger partial charge in [0.2, 0.25) is 0 Å². The molecule has 1 aromatic carbocycles. The molecule has 0 saturated carbocycles. The fraction of sp³-hybridized carbons (Fsp3) is 0.652. The van der Waals surface area contributed by atoms with E-state index in [-0.39, 0.29) is 18.2 Å². The molecule has 30 heavy (non-hydrogen) atoms. The van der Waals surface area contributed by atoms with Crippen molar-refractivity contribution in [3.63, 3.8) is 0 Å². The third kappa shape index (κ3) is 6.90. The molecule has 3 rings (SSSR count). The lowest BCUT2D eigenvalue weighted by Gasteiger charge is -2.27. The Hall–Kier alpha value is -2.28. The molecule has 2 saturated heterocycles. The molecule has 0 aliphatic carbocycles. The summed E-state index contributed by atoms with van der Waals surface area (Å²) in [5.41, 5.74) is 0.515. The minimum absolute atomic E-state index is 0.120. The zero-order valence-corrected chi connectivity index (χ0v) is 18.4. The minimum Gasteiger partial charge on any atom is -0.445 e. The van der Waals surface area contributed by atoms with Gasteiger partial charge in [-0.3, -0.25) is 4.90 Å². The smallest absolute Gasteiger partial charge is 0.410 e. The number of carbonyl (C=O) groups excluding carboxylic acids is 2. The lowest BCUT2D eigenvalue weighted by molar-refractivity contribution is 0.0503. The molecule has 7 nitrogen and oxygen atoms in total. The number of nitrogens with one attached hydrogen (secondary N) is 1. The molecule has 1 aromatic rings. The normalized spacial score (nSPS) is 23.0. The molecule has 2 aliphatic rings. The Morgan fingerprint density at radius 2 is 1.83 bits per heavy atom. The van der Waals surface area contributed by atoms with E-state index in [0.29, 0.717) is 19.2 Å². The summed E-state index contributed by atoms with van der Waals surface area (Å²) in [6.45, 7) is 9.16. The van der Waals surface area contributed by atoms with Gasteiger partial charge < -0.3 is 19.7 Å². The third-order valence-electron chi connectivity index (χ3n) is 5.62. The van der Waals surface area contributed by atoms with Crippen LogP contribution in [0, 0.1) is 0 Å². The Balaban J connectivity index is 1.41.